The van der Waals surface area contributed by atoms with Gasteiger partial charge in [0.1, 0.15) is 6.10 Å². The molecular formula is C13H20N2O5. The predicted molar refractivity (Wildman–Crippen MR) is 68.9 cm³/mol. The minimum Gasteiger partial charge on any atom is -0.479 e. The largest absolute Gasteiger partial charge is 0.479 e. The number of carbonyl (C=O) groups excluding carboxylic acids is 2. The number of aliphatic carboxylic acids is 1. The van der Waals surface area contributed by atoms with Crippen LogP contribution in [0, 0.1) is 0 Å². The summed E-state index contributed by atoms with van der Waals surface area (Å²) in [6.45, 7) is 2.62. The summed E-state index contributed by atoms with van der Waals surface area (Å²) in [5, 5.41) is 11.7. The number of likely N-dealkylation sites (tertiary alicyclic amines) is 1. The van der Waals surface area contributed by atoms with Crippen molar-refractivity contribution in [2.45, 2.75) is 50.9 Å². The fourth-order valence-corrected chi connectivity index (χ4v) is 2.74. The topological polar surface area (TPSA) is 95.9 Å². The minimum absolute atomic E-state index is 0.0572. The Hall–Kier alpha value is -1.63. The fourth-order valence-electron chi connectivity index (χ4n) is 2.74. The number of hydrogen-bond donors (Lipinski definition) is 2. The van der Waals surface area contributed by atoms with Crippen molar-refractivity contribution in [2.24, 2.45) is 0 Å². The summed E-state index contributed by atoms with van der Waals surface area (Å²) in [6.07, 6.45) is 0.797. The summed E-state index contributed by atoms with van der Waals surface area (Å²) in [5.41, 5.74) is 0. The molecule has 7 nitrogen and oxygen atoms in total. The van der Waals surface area contributed by atoms with Gasteiger partial charge < -0.3 is 20.1 Å². The maximum atomic E-state index is 12.2. The zero-order valence-corrected chi connectivity index (χ0v) is 11.5. The summed E-state index contributed by atoms with van der Waals surface area (Å²) in [4.78, 5) is 35.7. The van der Waals surface area contributed by atoms with Gasteiger partial charge in [0.25, 0.3) is 5.91 Å². The smallest absolute Gasteiger partial charge is 0.332 e. The Bertz CT molecular complexity index is 404. The summed E-state index contributed by atoms with van der Waals surface area (Å²) in [5.74, 6) is -1.20. The molecule has 2 N–H and O–H groups in total. The lowest BCUT2D eigenvalue weighted by atomic mass is 10.0. The fraction of sp³-hybridized carbons (Fsp3) is 0.769. The van der Waals surface area contributed by atoms with Crippen LogP contribution in [0.5, 0.6) is 0 Å². The third-order valence-electron chi connectivity index (χ3n) is 3.78. The molecule has 2 aliphatic heterocycles. The summed E-state index contributed by atoms with van der Waals surface area (Å²) >= 11 is 0. The standard InChI is InChI=1S/C13H20N2O5/c1-8(16)14-9-4-6-15(7-5-9)12(17)10-2-3-11(20-10)13(18)19/h9-11H,2-7H2,1H3,(H,14,16)(H,18,19). The molecule has 2 heterocycles. The van der Waals surface area contributed by atoms with Crippen LogP contribution in [0.3, 0.4) is 0 Å². The first-order valence-corrected chi connectivity index (χ1v) is 6.91. The number of hydrogen-bond acceptors (Lipinski definition) is 4. The first-order valence-electron chi connectivity index (χ1n) is 6.91. The maximum absolute atomic E-state index is 12.2. The lowest BCUT2D eigenvalue weighted by molar-refractivity contribution is -0.155. The zero-order chi connectivity index (χ0) is 14.7. The van der Waals surface area contributed by atoms with Crippen LogP contribution < -0.4 is 5.32 Å². The van der Waals surface area contributed by atoms with Crippen molar-refractivity contribution in [2.75, 3.05) is 13.1 Å². The highest BCUT2D eigenvalue weighted by atomic mass is 16.5. The van der Waals surface area contributed by atoms with Gasteiger partial charge in [-0.25, -0.2) is 4.79 Å². The molecule has 2 saturated heterocycles. The van der Waals surface area contributed by atoms with E-state index in [0.717, 1.165) is 12.8 Å². The van der Waals surface area contributed by atoms with Gasteiger partial charge in [0.2, 0.25) is 5.91 Å². The van der Waals surface area contributed by atoms with E-state index >= 15 is 0 Å². The van der Waals surface area contributed by atoms with Crippen molar-refractivity contribution in [3.05, 3.63) is 0 Å². The second-order valence-corrected chi connectivity index (χ2v) is 5.33. The molecule has 20 heavy (non-hydrogen) atoms. The van der Waals surface area contributed by atoms with Crippen LogP contribution in [-0.2, 0) is 19.1 Å². The molecule has 0 aromatic carbocycles. The predicted octanol–water partition coefficient (Wildman–Crippen LogP) is -0.254. The average Bonchev–Trinajstić information content (AvgIpc) is 2.88. The molecule has 2 amide bonds. The first-order chi connectivity index (χ1) is 9.47. The van der Waals surface area contributed by atoms with E-state index < -0.39 is 18.2 Å². The van der Waals surface area contributed by atoms with Crippen LogP contribution in [0.25, 0.3) is 0 Å². The van der Waals surface area contributed by atoms with E-state index in [1.165, 1.54) is 6.92 Å². The van der Waals surface area contributed by atoms with E-state index in [9.17, 15) is 14.4 Å². The molecule has 2 rings (SSSR count). The van der Waals surface area contributed by atoms with Crippen molar-refractivity contribution in [1.29, 1.82) is 0 Å². The van der Waals surface area contributed by atoms with Crippen molar-refractivity contribution < 1.29 is 24.2 Å². The molecule has 2 fully saturated rings. The highest BCUT2D eigenvalue weighted by molar-refractivity contribution is 5.83. The van der Waals surface area contributed by atoms with Gasteiger partial charge in [0, 0.05) is 26.1 Å². The second-order valence-electron chi connectivity index (χ2n) is 5.33. The number of ether oxygens (including phenoxy) is 1. The molecule has 0 saturated carbocycles. The van der Waals surface area contributed by atoms with Crippen LogP contribution >= 0.6 is 0 Å². The highest BCUT2D eigenvalue weighted by Crippen LogP contribution is 2.23. The Morgan fingerprint density at radius 2 is 1.70 bits per heavy atom. The number of piperidine rings is 1. The Kier molecular flexibility index (Phi) is 4.59. The third kappa shape index (κ3) is 3.47. The molecule has 2 unspecified atom stereocenters. The van der Waals surface area contributed by atoms with Crippen molar-refractivity contribution in [3.63, 3.8) is 0 Å². The van der Waals surface area contributed by atoms with E-state index in [2.05, 4.69) is 5.32 Å². The van der Waals surface area contributed by atoms with Gasteiger partial charge in [-0.05, 0) is 25.7 Å². The van der Waals surface area contributed by atoms with Crippen molar-refractivity contribution in [3.8, 4) is 0 Å². The Morgan fingerprint density at radius 3 is 2.20 bits per heavy atom. The number of nitrogens with one attached hydrogen (secondary N) is 1. The first kappa shape index (κ1) is 14.8. The van der Waals surface area contributed by atoms with Gasteiger partial charge in [0.15, 0.2) is 6.10 Å². The number of amides is 2. The molecule has 112 valence electrons. The number of rotatable bonds is 3. The van der Waals surface area contributed by atoms with Crippen molar-refractivity contribution in [1.82, 2.24) is 10.2 Å². The summed E-state index contributed by atoms with van der Waals surface area (Å²) < 4.78 is 5.27. The van der Waals surface area contributed by atoms with Crippen LogP contribution in [-0.4, -0.2) is 59.1 Å². The molecule has 0 aromatic rings. The molecule has 7 heteroatoms. The molecule has 2 aliphatic rings. The van der Waals surface area contributed by atoms with E-state index in [0.29, 0.717) is 25.9 Å². The van der Waals surface area contributed by atoms with Gasteiger partial charge in [-0.15, -0.1) is 0 Å². The Labute approximate surface area is 117 Å². The van der Waals surface area contributed by atoms with E-state index in [1.807, 2.05) is 0 Å². The lowest BCUT2D eigenvalue weighted by Gasteiger charge is -2.33. The van der Waals surface area contributed by atoms with Crippen LogP contribution in [0.4, 0.5) is 0 Å². The van der Waals surface area contributed by atoms with E-state index in [-0.39, 0.29) is 17.9 Å². The van der Waals surface area contributed by atoms with E-state index in [4.69, 9.17) is 9.84 Å². The third-order valence-corrected chi connectivity index (χ3v) is 3.78. The summed E-state index contributed by atoms with van der Waals surface area (Å²) in [7, 11) is 0. The van der Waals surface area contributed by atoms with E-state index in [1.54, 1.807) is 4.90 Å². The normalized spacial score (nSPS) is 27.4. The lowest BCUT2D eigenvalue weighted by Crippen LogP contribution is -2.48. The number of nitrogens with zero attached hydrogens (tertiary/aromatic N) is 1. The number of carbonyl (C=O) groups is 3. The molecule has 0 radical (unpaired) electrons. The van der Waals surface area contributed by atoms with Gasteiger partial charge >= 0.3 is 5.97 Å². The SMILES string of the molecule is CC(=O)NC1CCN(C(=O)C2CCC(C(=O)O)O2)CC1. The van der Waals surface area contributed by atoms with Gasteiger partial charge in [-0.3, -0.25) is 9.59 Å². The highest BCUT2D eigenvalue weighted by Gasteiger charge is 2.37. The average molecular weight is 284 g/mol. The van der Waals surface area contributed by atoms with Gasteiger partial charge in [-0.2, -0.15) is 0 Å². The van der Waals surface area contributed by atoms with Crippen LogP contribution in [0.2, 0.25) is 0 Å². The number of carboxylic acid groups (broad SMARTS) is 1. The molecule has 0 aromatic heterocycles. The minimum atomic E-state index is -1.01. The quantitative estimate of drug-likeness (QED) is 0.745. The van der Waals surface area contributed by atoms with Gasteiger partial charge in [0.05, 0.1) is 0 Å². The van der Waals surface area contributed by atoms with Gasteiger partial charge in [-0.1, -0.05) is 0 Å². The molecule has 0 aliphatic carbocycles. The molecule has 0 spiro atoms. The monoisotopic (exact) mass is 284 g/mol. The molecule has 0 bridgehead atoms. The Morgan fingerprint density at radius 1 is 1.10 bits per heavy atom. The second kappa shape index (κ2) is 6.21. The molecular weight excluding hydrogens is 264 g/mol. The van der Waals surface area contributed by atoms with Crippen molar-refractivity contribution >= 4 is 17.8 Å². The Balaban J connectivity index is 1.80. The van der Waals surface area contributed by atoms with Crippen LogP contribution in [0.1, 0.15) is 32.6 Å². The summed E-state index contributed by atoms with van der Waals surface area (Å²) in [6, 6.07) is 0.118. The zero-order valence-electron chi connectivity index (χ0n) is 11.5. The molecule has 2 atom stereocenters. The number of carboxylic acids is 1. The maximum Gasteiger partial charge on any atom is 0.332 e. The van der Waals surface area contributed by atoms with Crippen LogP contribution in [0.15, 0.2) is 0 Å².